The molecule has 0 bridgehead atoms. The fourth-order valence-electron chi connectivity index (χ4n) is 2.83. The Bertz CT molecular complexity index is 694. The van der Waals surface area contributed by atoms with E-state index in [0.717, 1.165) is 0 Å². The molecule has 0 amide bonds. The van der Waals surface area contributed by atoms with Gasteiger partial charge in [-0.25, -0.2) is 4.79 Å². The first kappa shape index (κ1) is 18.0. The molecule has 0 aromatic heterocycles. The highest BCUT2D eigenvalue weighted by molar-refractivity contribution is 5.96. The van der Waals surface area contributed by atoms with Crippen molar-refractivity contribution in [3.63, 3.8) is 0 Å². The first-order valence-corrected chi connectivity index (χ1v) is 7.76. The minimum absolute atomic E-state index is 0.0253. The molecule has 6 nitrogen and oxygen atoms in total. The summed E-state index contributed by atoms with van der Waals surface area (Å²) in [7, 11) is 1.53. The molecule has 0 saturated heterocycles. The fraction of sp³-hybridized carbons (Fsp3) is 0.444. The van der Waals surface area contributed by atoms with E-state index in [-0.39, 0.29) is 12.2 Å². The third-order valence-corrected chi connectivity index (χ3v) is 4.37. The number of carbonyl (C=O) groups excluding carboxylic acids is 2. The van der Waals surface area contributed by atoms with Crippen LogP contribution in [0.25, 0.3) is 0 Å². The number of carbonyl (C=O) groups is 2. The molecule has 0 spiro atoms. The third-order valence-electron chi connectivity index (χ3n) is 4.37. The molecule has 1 aromatic carbocycles. The van der Waals surface area contributed by atoms with Crippen LogP contribution in [-0.4, -0.2) is 31.1 Å². The van der Waals surface area contributed by atoms with Crippen LogP contribution in [-0.2, 0) is 14.3 Å². The lowest BCUT2D eigenvalue weighted by Crippen LogP contribution is -2.43. The highest BCUT2D eigenvalue weighted by atomic mass is 16.6. The smallest absolute Gasteiger partial charge is 0.338 e. The zero-order valence-electron chi connectivity index (χ0n) is 14.5. The molecule has 0 radical (unpaired) electrons. The van der Waals surface area contributed by atoms with Crippen molar-refractivity contribution in [1.82, 2.24) is 0 Å². The van der Waals surface area contributed by atoms with Crippen LogP contribution < -0.4 is 11.5 Å². The summed E-state index contributed by atoms with van der Waals surface area (Å²) in [5.74, 6) is -0.500. The van der Waals surface area contributed by atoms with E-state index in [9.17, 15) is 9.59 Å². The number of methoxy groups -OCH3 is 1. The number of anilines is 2. The van der Waals surface area contributed by atoms with E-state index in [2.05, 4.69) is 0 Å². The molecule has 2 atom stereocenters. The molecular formula is C18H24N2O4. The van der Waals surface area contributed by atoms with Crippen LogP contribution in [0.4, 0.5) is 11.4 Å². The molecule has 0 fully saturated rings. The van der Waals surface area contributed by atoms with Crippen LogP contribution in [0.2, 0.25) is 0 Å². The Hall–Kier alpha value is -2.34. The van der Waals surface area contributed by atoms with Crippen LogP contribution in [0.15, 0.2) is 29.8 Å². The van der Waals surface area contributed by atoms with E-state index in [0.29, 0.717) is 22.5 Å². The highest BCUT2D eigenvalue weighted by Crippen LogP contribution is 2.36. The number of Topliss-reactive ketones (excluding diaryl/α,β-unsaturated/α-hetero) is 1. The number of hydrogen-bond acceptors (Lipinski definition) is 6. The molecule has 2 rings (SSSR count). The topological polar surface area (TPSA) is 105 Å². The van der Waals surface area contributed by atoms with Gasteiger partial charge < -0.3 is 20.9 Å². The van der Waals surface area contributed by atoms with E-state index in [1.807, 2.05) is 13.8 Å². The quantitative estimate of drug-likeness (QED) is 0.650. The standard InChI is InChI=1S/C18H24N2O4/c1-10-7-15(23-4)16(18(2,3)9-14(10)21)24-17(22)11-5-6-12(19)13(20)8-11/h5-8,15-16H,9,19-20H2,1-4H3. The number of nitrogens with two attached hydrogens (primary N) is 2. The molecule has 0 heterocycles. The van der Waals surface area contributed by atoms with Crippen LogP contribution in [0.1, 0.15) is 37.6 Å². The second-order valence-electron chi connectivity index (χ2n) is 6.81. The maximum absolute atomic E-state index is 12.5. The summed E-state index contributed by atoms with van der Waals surface area (Å²) in [6, 6.07) is 4.60. The molecule has 0 saturated carbocycles. The van der Waals surface area contributed by atoms with Gasteiger partial charge >= 0.3 is 5.97 Å². The van der Waals surface area contributed by atoms with Crippen molar-refractivity contribution in [3.05, 3.63) is 35.4 Å². The van der Waals surface area contributed by atoms with Crippen molar-refractivity contribution in [1.29, 1.82) is 0 Å². The summed E-state index contributed by atoms with van der Waals surface area (Å²) >= 11 is 0. The SMILES string of the molecule is COC1C=C(C)C(=O)CC(C)(C)C1OC(=O)c1ccc(N)c(N)c1. The van der Waals surface area contributed by atoms with Gasteiger partial charge in [0.1, 0.15) is 12.2 Å². The Morgan fingerprint density at radius 1 is 1.25 bits per heavy atom. The average Bonchev–Trinajstić information content (AvgIpc) is 2.59. The average molecular weight is 332 g/mol. The summed E-state index contributed by atoms with van der Waals surface area (Å²) in [6.45, 7) is 5.52. The third kappa shape index (κ3) is 3.59. The number of ether oxygens (including phenoxy) is 2. The molecule has 4 N–H and O–H groups in total. The van der Waals surface area contributed by atoms with Crippen molar-refractivity contribution in [2.75, 3.05) is 18.6 Å². The van der Waals surface area contributed by atoms with E-state index in [1.54, 1.807) is 25.1 Å². The van der Waals surface area contributed by atoms with Crippen LogP contribution in [0, 0.1) is 5.41 Å². The summed E-state index contributed by atoms with van der Waals surface area (Å²) in [5.41, 5.74) is 12.5. The van der Waals surface area contributed by atoms with E-state index >= 15 is 0 Å². The van der Waals surface area contributed by atoms with E-state index < -0.39 is 23.6 Å². The summed E-state index contributed by atoms with van der Waals surface area (Å²) in [4.78, 5) is 24.7. The van der Waals surface area contributed by atoms with Gasteiger partial charge in [0.25, 0.3) is 0 Å². The summed E-state index contributed by atoms with van der Waals surface area (Å²) < 4.78 is 11.2. The maximum atomic E-state index is 12.5. The van der Waals surface area contributed by atoms with Crippen LogP contribution in [0.5, 0.6) is 0 Å². The number of esters is 1. The van der Waals surface area contributed by atoms with E-state index in [4.69, 9.17) is 20.9 Å². The molecule has 0 aliphatic heterocycles. The normalized spacial score (nSPS) is 23.3. The predicted molar refractivity (Wildman–Crippen MR) is 92.4 cm³/mol. The first-order valence-electron chi connectivity index (χ1n) is 7.76. The number of allylic oxidation sites excluding steroid dienone is 1. The molecule has 1 aliphatic rings. The van der Waals surface area contributed by atoms with Crippen molar-refractivity contribution in [3.8, 4) is 0 Å². The number of nitrogen functional groups attached to an aromatic ring is 2. The maximum Gasteiger partial charge on any atom is 0.338 e. The Morgan fingerprint density at radius 2 is 1.92 bits per heavy atom. The fourth-order valence-corrected chi connectivity index (χ4v) is 2.83. The van der Waals surface area contributed by atoms with Gasteiger partial charge in [0.05, 0.1) is 16.9 Å². The lowest BCUT2D eigenvalue weighted by atomic mass is 9.80. The lowest BCUT2D eigenvalue weighted by Gasteiger charge is -2.35. The van der Waals surface area contributed by atoms with Gasteiger partial charge in [-0.2, -0.15) is 0 Å². The van der Waals surface area contributed by atoms with Gasteiger partial charge in [-0.05, 0) is 36.8 Å². The number of rotatable bonds is 3. The second-order valence-corrected chi connectivity index (χ2v) is 6.81. The first-order chi connectivity index (χ1) is 11.2. The Labute approximate surface area is 141 Å². The molecule has 2 unspecified atom stereocenters. The molecule has 1 aromatic rings. The van der Waals surface area contributed by atoms with Crippen molar-refractivity contribution in [2.45, 2.75) is 39.4 Å². The minimum Gasteiger partial charge on any atom is -0.455 e. The summed E-state index contributed by atoms with van der Waals surface area (Å²) in [6.07, 6.45) is 0.889. The molecular weight excluding hydrogens is 308 g/mol. The van der Waals surface area contributed by atoms with Crippen molar-refractivity contribution >= 4 is 23.1 Å². The van der Waals surface area contributed by atoms with Gasteiger partial charge in [-0.1, -0.05) is 13.8 Å². The van der Waals surface area contributed by atoms with Gasteiger partial charge in [0, 0.05) is 18.9 Å². The minimum atomic E-state index is -0.602. The zero-order valence-corrected chi connectivity index (χ0v) is 14.5. The lowest BCUT2D eigenvalue weighted by molar-refractivity contribution is -0.120. The van der Waals surface area contributed by atoms with Crippen molar-refractivity contribution < 1.29 is 19.1 Å². The van der Waals surface area contributed by atoms with Crippen LogP contribution >= 0.6 is 0 Å². The largest absolute Gasteiger partial charge is 0.455 e. The molecule has 6 heteroatoms. The summed E-state index contributed by atoms with van der Waals surface area (Å²) in [5, 5.41) is 0. The Kier molecular flexibility index (Phi) is 4.99. The molecule has 130 valence electrons. The van der Waals surface area contributed by atoms with Gasteiger partial charge in [-0.15, -0.1) is 0 Å². The second kappa shape index (κ2) is 6.65. The van der Waals surface area contributed by atoms with Gasteiger partial charge in [0.2, 0.25) is 0 Å². The van der Waals surface area contributed by atoms with Crippen molar-refractivity contribution in [2.24, 2.45) is 5.41 Å². The number of ketones is 1. The van der Waals surface area contributed by atoms with E-state index in [1.165, 1.54) is 13.2 Å². The van der Waals surface area contributed by atoms with Crippen LogP contribution in [0.3, 0.4) is 0 Å². The number of benzene rings is 1. The van der Waals surface area contributed by atoms with Gasteiger partial charge in [-0.3, -0.25) is 4.79 Å². The Balaban J connectivity index is 2.31. The number of hydrogen-bond donors (Lipinski definition) is 2. The zero-order chi connectivity index (χ0) is 18.1. The highest BCUT2D eigenvalue weighted by Gasteiger charge is 2.42. The van der Waals surface area contributed by atoms with Gasteiger partial charge in [0.15, 0.2) is 5.78 Å². The Morgan fingerprint density at radius 3 is 2.50 bits per heavy atom. The molecule has 1 aliphatic carbocycles. The predicted octanol–water partition coefficient (Wildman–Crippen LogP) is 2.34. The monoisotopic (exact) mass is 332 g/mol. The molecule has 24 heavy (non-hydrogen) atoms.